The summed E-state index contributed by atoms with van der Waals surface area (Å²) in [5, 5.41) is -0.407. The van der Waals surface area contributed by atoms with Crippen molar-refractivity contribution in [3.05, 3.63) is 131 Å². The molecule has 0 radical (unpaired) electrons. The van der Waals surface area contributed by atoms with Gasteiger partial charge < -0.3 is 9.47 Å². The Morgan fingerprint density at radius 3 is 1.59 bits per heavy atom. The van der Waals surface area contributed by atoms with Crippen LogP contribution in [0.25, 0.3) is 0 Å². The molecule has 0 atom stereocenters. The number of hydrogen-bond acceptors (Lipinski definition) is 4. The summed E-state index contributed by atoms with van der Waals surface area (Å²) in [4.78, 5) is 22.4. The smallest absolute Gasteiger partial charge is 0.252 e. The van der Waals surface area contributed by atoms with Gasteiger partial charge in [-0.25, -0.2) is 17.6 Å². The molecule has 0 saturated carbocycles. The average molecular weight is 533 g/mol. The molecule has 0 amide bonds. The minimum atomic E-state index is -0.804. The van der Waals surface area contributed by atoms with Crippen molar-refractivity contribution < 1.29 is 36.6 Å². The fourth-order valence-corrected chi connectivity index (χ4v) is 2.93. The van der Waals surface area contributed by atoms with Crippen LogP contribution in [-0.4, -0.2) is 25.2 Å². The number of ketones is 1. The van der Waals surface area contributed by atoms with Crippen LogP contribution in [0.3, 0.4) is 0 Å². The molecule has 0 saturated heterocycles. The Labute approximate surface area is 216 Å². The van der Waals surface area contributed by atoms with E-state index in [1.54, 1.807) is 54.6 Å². The molecule has 4 rings (SSSR count). The summed E-state index contributed by atoms with van der Waals surface area (Å²) in [6.45, 7) is 0. The predicted octanol–water partition coefficient (Wildman–Crippen LogP) is 7.24. The van der Waals surface area contributed by atoms with Crippen molar-refractivity contribution in [2.45, 2.75) is 0 Å². The Hall–Kier alpha value is -4.17. The lowest BCUT2D eigenvalue weighted by Crippen LogP contribution is -2.05. The second-order valence-electron chi connectivity index (χ2n) is 7.08. The number of hydrogen-bond donors (Lipinski definition) is 0. The molecule has 0 fully saturated rings. The summed E-state index contributed by atoms with van der Waals surface area (Å²) in [6, 6.07) is 21.7. The van der Waals surface area contributed by atoms with E-state index < -0.39 is 34.3 Å². The van der Waals surface area contributed by atoms with Gasteiger partial charge in [0.2, 0.25) is 0 Å². The van der Waals surface area contributed by atoms with Crippen LogP contribution in [0.15, 0.2) is 91.0 Å². The van der Waals surface area contributed by atoms with E-state index in [9.17, 15) is 27.2 Å². The number of ether oxygens (including phenoxy) is 2. The van der Waals surface area contributed by atoms with Crippen LogP contribution >= 0.6 is 11.6 Å². The van der Waals surface area contributed by atoms with Gasteiger partial charge in [0.15, 0.2) is 28.9 Å². The van der Waals surface area contributed by atoms with Crippen molar-refractivity contribution in [2.24, 2.45) is 0 Å². The lowest BCUT2D eigenvalue weighted by molar-refractivity contribution is 0.103. The van der Waals surface area contributed by atoms with E-state index in [0.717, 1.165) is 30.3 Å². The third-order valence-corrected chi connectivity index (χ3v) is 4.85. The maximum atomic E-state index is 13.7. The zero-order chi connectivity index (χ0) is 27.4. The zero-order valence-corrected chi connectivity index (χ0v) is 20.4. The highest BCUT2D eigenvalue weighted by Gasteiger charge is 2.17. The van der Waals surface area contributed by atoms with Gasteiger partial charge in [0.05, 0.1) is 19.8 Å². The van der Waals surface area contributed by atoms with Gasteiger partial charge in [-0.2, -0.15) is 0 Å². The van der Waals surface area contributed by atoms with Gasteiger partial charge in [0.25, 0.3) is 5.24 Å². The first-order valence-electron chi connectivity index (χ1n) is 10.5. The summed E-state index contributed by atoms with van der Waals surface area (Å²) in [5.41, 5.74) is 0.541. The SMILES string of the molecule is COc1cc(F)c(C(=O)c2ccccc2)cc1F.COc1cc(F)ccc1F.O=C(Cl)c1ccccc1. The van der Waals surface area contributed by atoms with Gasteiger partial charge in [-0.05, 0) is 29.8 Å². The monoisotopic (exact) mass is 532 g/mol. The second kappa shape index (κ2) is 14.4. The minimum absolute atomic E-state index is 0.0694. The summed E-state index contributed by atoms with van der Waals surface area (Å²) in [6.07, 6.45) is 0. The van der Waals surface area contributed by atoms with E-state index in [-0.39, 0.29) is 17.1 Å². The summed E-state index contributed by atoms with van der Waals surface area (Å²) < 4.78 is 61.1. The van der Waals surface area contributed by atoms with Crippen LogP contribution < -0.4 is 9.47 Å². The Morgan fingerprint density at radius 2 is 1.14 bits per heavy atom. The van der Waals surface area contributed by atoms with Gasteiger partial charge in [0, 0.05) is 23.3 Å². The molecule has 9 heteroatoms. The van der Waals surface area contributed by atoms with Crippen LogP contribution in [0.1, 0.15) is 26.3 Å². The molecule has 4 aromatic rings. The fraction of sp³-hybridized carbons (Fsp3) is 0.0714. The normalized spacial score (nSPS) is 9.70. The van der Waals surface area contributed by atoms with Gasteiger partial charge in [-0.15, -0.1) is 0 Å². The summed E-state index contributed by atoms with van der Waals surface area (Å²) >= 11 is 5.16. The van der Waals surface area contributed by atoms with E-state index in [0.29, 0.717) is 11.1 Å². The van der Waals surface area contributed by atoms with E-state index >= 15 is 0 Å². The Morgan fingerprint density at radius 1 is 0.622 bits per heavy atom. The molecule has 0 spiro atoms. The minimum Gasteiger partial charge on any atom is -0.494 e. The lowest BCUT2D eigenvalue weighted by atomic mass is 10.0. The third-order valence-electron chi connectivity index (χ3n) is 4.64. The van der Waals surface area contributed by atoms with Gasteiger partial charge in [-0.3, -0.25) is 9.59 Å². The number of halogens is 5. The maximum absolute atomic E-state index is 13.7. The predicted molar refractivity (Wildman–Crippen MR) is 132 cm³/mol. The number of rotatable bonds is 5. The van der Waals surface area contributed by atoms with Crippen molar-refractivity contribution in [1.82, 2.24) is 0 Å². The first-order chi connectivity index (χ1) is 17.7. The van der Waals surface area contributed by atoms with Gasteiger partial charge in [0.1, 0.15) is 11.6 Å². The van der Waals surface area contributed by atoms with Crippen LogP contribution in [-0.2, 0) is 0 Å². The highest BCUT2D eigenvalue weighted by molar-refractivity contribution is 6.67. The first kappa shape index (κ1) is 29.1. The topological polar surface area (TPSA) is 52.6 Å². The molecule has 37 heavy (non-hydrogen) atoms. The number of carbonyl (C=O) groups excluding carboxylic acids is 2. The molecule has 0 aliphatic carbocycles. The standard InChI is InChI=1S/C14H10F2O2.C7H5ClO.C7H6F2O/c1-18-13-8-11(15)10(7-12(13)16)14(17)9-5-3-2-4-6-9;8-7(9)6-4-2-1-3-5-6;1-10-7-4-5(8)2-3-6(7)9/h2-8H,1H3;1-5H;2-4H,1H3. The molecule has 0 unspecified atom stereocenters. The molecule has 192 valence electrons. The molecule has 0 aromatic heterocycles. The molecule has 0 N–H and O–H groups in total. The van der Waals surface area contributed by atoms with Crippen LogP contribution in [0.5, 0.6) is 11.5 Å². The van der Waals surface area contributed by atoms with E-state index in [1.807, 2.05) is 6.07 Å². The Balaban J connectivity index is 0.000000214. The number of carbonyl (C=O) groups is 2. The average Bonchev–Trinajstić information content (AvgIpc) is 2.92. The molecule has 4 nitrogen and oxygen atoms in total. The number of methoxy groups -OCH3 is 2. The Kier molecular flexibility index (Phi) is 11.3. The van der Waals surface area contributed by atoms with Crippen molar-refractivity contribution in [2.75, 3.05) is 14.2 Å². The second-order valence-corrected chi connectivity index (χ2v) is 7.42. The van der Waals surface area contributed by atoms with Crippen LogP contribution in [0.2, 0.25) is 0 Å². The quantitative estimate of drug-likeness (QED) is 0.154. The van der Waals surface area contributed by atoms with Crippen LogP contribution in [0, 0.1) is 23.3 Å². The molecular formula is C28H21ClF4O4. The van der Waals surface area contributed by atoms with Crippen molar-refractivity contribution in [3.8, 4) is 11.5 Å². The fourth-order valence-electron chi connectivity index (χ4n) is 2.81. The van der Waals surface area contributed by atoms with E-state index in [4.69, 9.17) is 11.6 Å². The molecular weight excluding hydrogens is 512 g/mol. The lowest BCUT2D eigenvalue weighted by Gasteiger charge is -2.06. The molecule has 0 aliphatic heterocycles. The maximum Gasteiger partial charge on any atom is 0.252 e. The largest absolute Gasteiger partial charge is 0.494 e. The summed E-state index contributed by atoms with van der Waals surface area (Å²) in [5.74, 6) is -3.48. The number of benzene rings is 4. The highest BCUT2D eigenvalue weighted by atomic mass is 35.5. The Bertz CT molecular complexity index is 1330. The zero-order valence-electron chi connectivity index (χ0n) is 19.7. The van der Waals surface area contributed by atoms with Crippen LogP contribution in [0.4, 0.5) is 17.6 Å². The van der Waals surface area contributed by atoms with E-state index in [1.165, 1.54) is 14.2 Å². The van der Waals surface area contributed by atoms with Gasteiger partial charge in [-0.1, -0.05) is 60.7 Å². The molecule has 0 aliphatic rings. The molecule has 0 bridgehead atoms. The summed E-state index contributed by atoms with van der Waals surface area (Å²) in [7, 11) is 2.52. The molecule has 4 aromatic carbocycles. The van der Waals surface area contributed by atoms with Crippen molar-refractivity contribution >= 4 is 22.6 Å². The third kappa shape index (κ3) is 8.77. The first-order valence-corrected chi connectivity index (χ1v) is 10.9. The van der Waals surface area contributed by atoms with Crippen molar-refractivity contribution in [1.29, 1.82) is 0 Å². The molecule has 0 heterocycles. The highest BCUT2D eigenvalue weighted by Crippen LogP contribution is 2.23. The van der Waals surface area contributed by atoms with Crippen molar-refractivity contribution in [3.63, 3.8) is 0 Å². The van der Waals surface area contributed by atoms with Gasteiger partial charge >= 0.3 is 0 Å². The van der Waals surface area contributed by atoms with E-state index in [2.05, 4.69) is 9.47 Å².